The van der Waals surface area contributed by atoms with Crippen molar-refractivity contribution in [3.05, 3.63) is 35.4 Å². The average molecular weight is 198 g/mol. The Hall–Kier alpha value is -0.530. The van der Waals surface area contributed by atoms with Crippen LogP contribution in [0.4, 0.5) is 0 Å². The summed E-state index contributed by atoms with van der Waals surface area (Å²) in [7, 11) is 0. The van der Waals surface area contributed by atoms with E-state index in [2.05, 4.69) is 31.2 Å². The van der Waals surface area contributed by atoms with Crippen molar-refractivity contribution < 1.29 is 0 Å². The molecule has 72 valence electrons. The van der Waals surface area contributed by atoms with Gasteiger partial charge < -0.3 is 5.73 Å². The largest absolute Gasteiger partial charge is 0.324 e. The SMILES string of the molecule is Cc1ccccc1[C@H](N)C1CC1.Cl. The first kappa shape index (κ1) is 10.6. The van der Waals surface area contributed by atoms with Crippen LogP contribution in [0.25, 0.3) is 0 Å². The summed E-state index contributed by atoms with van der Waals surface area (Å²) in [5.41, 5.74) is 8.76. The molecule has 0 spiro atoms. The van der Waals surface area contributed by atoms with Crippen molar-refractivity contribution in [1.29, 1.82) is 0 Å². The van der Waals surface area contributed by atoms with Gasteiger partial charge in [-0.1, -0.05) is 24.3 Å². The standard InChI is InChI=1S/C11H15N.ClH/c1-8-4-2-3-5-10(8)11(12)9-6-7-9;/h2-5,9,11H,6-7,12H2,1H3;1H/t11-;/m1./s1. The van der Waals surface area contributed by atoms with Crippen molar-refractivity contribution in [3.8, 4) is 0 Å². The molecular formula is C11H16ClN. The third-order valence-corrected chi connectivity index (χ3v) is 2.68. The molecule has 0 aromatic heterocycles. The Morgan fingerprint density at radius 3 is 2.46 bits per heavy atom. The molecule has 1 aromatic rings. The molecule has 0 radical (unpaired) electrons. The van der Waals surface area contributed by atoms with Crippen LogP contribution in [0.5, 0.6) is 0 Å². The molecule has 13 heavy (non-hydrogen) atoms. The van der Waals surface area contributed by atoms with Gasteiger partial charge in [-0.25, -0.2) is 0 Å². The highest BCUT2D eigenvalue weighted by molar-refractivity contribution is 5.85. The summed E-state index contributed by atoms with van der Waals surface area (Å²) < 4.78 is 0. The van der Waals surface area contributed by atoms with Gasteiger partial charge in [0.1, 0.15) is 0 Å². The molecule has 1 nitrogen and oxygen atoms in total. The minimum absolute atomic E-state index is 0. The molecule has 1 saturated carbocycles. The fourth-order valence-electron chi connectivity index (χ4n) is 1.67. The van der Waals surface area contributed by atoms with Crippen molar-refractivity contribution in [2.75, 3.05) is 0 Å². The van der Waals surface area contributed by atoms with Gasteiger partial charge in [-0.2, -0.15) is 0 Å². The highest BCUT2D eigenvalue weighted by atomic mass is 35.5. The van der Waals surface area contributed by atoms with Crippen LogP contribution in [0.2, 0.25) is 0 Å². The van der Waals surface area contributed by atoms with Gasteiger partial charge in [-0.15, -0.1) is 12.4 Å². The van der Waals surface area contributed by atoms with Gasteiger partial charge in [-0.05, 0) is 36.8 Å². The Balaban J connectivity index is 0.000000845. The Bertz CT molecular complexity index is 281. The number of nitrogens with two attached hydrogens (primary N) is 1. The molecule has 0 amide bonds. The van der Waals surface area contributed by atoms with Crippen LogP contribution < -0.4 is 5.73 Å². The van der Waals surface area contributed by atoms with Crippen LogP contribution in [0.3, 0.4) is 0 Å². The Kier molecular flexibility index (Phi) is 3.34. The van der Waals surface area contributed by atoms with Crippen LogP contribution >= 0.6 is 12.4 Å². The summed E-state index contributed by atoms with van der Waals surface area (Å²) >= 11 is 0. The molecule has 1 aromatic carbocycles. The molecular weight excluding hydrogens is 182 g/mol. The smallest absolute Gasteiger partial charge is 0.0326 e. The van der Waals surface area contributed by atoms with Crippen molar-refractivity contribution in [2.24, 2.45) is 11.7 Å². The summed E-state index contributed by atoms with van der Waals surface area (Å²) in [5, 5.41) is 0. The molecule has 1 atom stereocenters. The first-order chi connectivity index (χ1) is 5.79. The number of aryl methyl sites for hydroxylation is 1. The highest BCUT2D eigenvalue weighted by Gasteiger charge is 2.29. The summed E-state index contributed by atoms with van der Waals surface area (Å²) in [6, 6.07) is 8.71. The van der Waals surface area contributed by atoms with E-state index in [9.17, 15) is 0 Å². The van der Waals surface area contributed by atoms with Crippen LogP contribution in [-0.4, -0.2) is 0 Å². The molecule has 2 heteroatoms. The maximum Gasteiger partial charge on any atom is 0.0326 e. The second kappa shape index (κ2) is 4.12. The monoisotopic (exact) mass is 197 g/mol. The van der Waals surface area contributed by atoms with Crippen molar-refractivity contribution >= 4 is 12.4 Å². The lowest BCUT2D eigenvalue weighted by Gasteiger charge is -2.12. The van der Waals surface area contributed by atoms with E-state index in [0.29, 0.717) is 0 Å². The average Bonchev–Trinajstić information content (AvgIpc) is 2.86. The molecule has 2 N–H and O–H groups in total. The minimum atomic E-state index is 0. The van der Waals surface area contributed by atoms with Gasteiger partial charge in [0, 0.05) is 6.04 Å². The lowest BCUT2D eigenvalue weighted by Crippen LogP contribution is -2.13. The summed E-state index contributed by atoms with van der Waals surface area (Å²) in [5.74, 6) is 0.756. The number of benzene rings is 1. The zero-order chi connectivity index (χ0) is 8.55. The lowest BCUT2D eigenvalue weighted by atomic mass is 9.99. The molecule has 1 aliphatic rings. The van der Waals surface area contributed by atoms with Gasteiger partial charge in [-0.3, -0.25) is 0 Å². The van der Waals surface area contributed by atoms with Crippen LogP contribution in [0.15, 0.2) is 24.3 Å². The molecule has 0 saturated heterocycles. The maximum absolute atomic E-state index is 6.10. The highest BCUT2D eigenvalue weighted by Crippen LogP contribution is 2.40. The summed E-state index contributed by atoms with van der Waals surface area (Å²) in [6.07, 6.45) is 2.63. The van der Waals surface area contributed by atoms with E-state index in [0.717, 1.165) is 5.92 Å². The van der Waals surface area contributed by atoms with Crippen molar-refractivity contribution in [3.63, 3.8) is 0 Å². The van der Waals surface area contributed by atoms with Gasteiger partial charge in [0.25, 0.3) is 0 Å². The van der Waals surface area contributed by atoms with E-state index in [1.165, 1.54) is 24.0 Å². The molecule has 1 fully saturated rings. The first-order valence-corrected chi connectivity index (χ1v) is 4.60. The summed E-state index contributed by atoms with van der Waals surface area (Å²) in [6.45, 7) is 2.14. The number of hydrogen-bond donors (Lipinski definition) is 1. The van der Waals surface area contributed by atoms with E-state index in [4.69, 9.17) is 5.73 Å². The quantitative estimate of drug-likeness (QED) is 0.776. The molecule has 0 heterocycles. The Morgan fingerprint density at radius 1 is 1.31 bits per heavy atom. The van der Waals surface area contributed by atoms with E-state index >= 15 is 0 Å². The molecule has 0 bridgehead atoms. The van der Waals surface area contributed by atoms with E-state index in [1.54, 1.807) is 0 Å². The van der Waals surface area contributed by atoms with Gasteiger partial charge >= 0.3 is 0 Å². The van der Waals surface area contributed by atoms with Gasteiger partial charge in [0.15, 0.2) is 0 Å². The number of hydrogen-bond acceptors (Lipinski definition) is 1. The molecule has 1 aliphatic carbocycles. The Morgan fingerprint density at radius 2 is 1.92 bits per heavy atom. The first-order valence-electron chi connectivity index (χ1n) is 4.60. The third kappa shape index (κ3) is 2.23. The predicted molar refractivity (Wildman–Crippen MR) is 58.1 cm³/mol. The van der Waals surface area contributed by atoms with E-state index in [1.807, 2.05) is 0 Å². The maximum atomic E-state index is 6.10. The zero-order valence-corrected chi connectivity index (χ0v) is 8.68. The van der Waals surface area contributed by atoms with Crippen LogP contribution in [0.1, 0.15) is 30.0 Å². The summed E-state index contributed by atoms with van der Waals surface area (Å²) in [4.78, 5) is 0. The minimum Gasteiger partial charge on any atom is -0.324 e. The van der Waals surface area contributed by atoms with Crippen LogP contribution in [0, 0.1) is 12.8 Å². The van der Waals surface area contributed by atoms with E-state index < -0.39 is 0 Å². The van der Waals surface area contributed by atoms with Crippen molar-refractivity contribution in [1.82, 2.24) is 0 Å². The topological polar surface area (TPSA) is 26.0 Å². The van der Waals surface area contributed by atoms with E-state index in [-0.39, 0.29) is 18.4 Å². The Labute approximate surface area is 85.7 Å². The van der Waals surface area contributed by atoms with Crippen molar-refractivity contribution in [2.45, 2.75) is 25.8 Å². The number of halogens is 1. The van der Waals surface area contributed by atoms with Gasteiger partial charge in [0.2, 0.25) is 0 Å². The van der Waals surface area contributed by atoms with Gasteiger partial charge in [0.05, 0.1) is 0 Å². The zero-order valence-electron chi connectivity index (χ0n) is 7.86. The second-order valence-electron chi connectivity index (χ2n) is 3.72. The fraction of sp³-hybridized carbons (Fsp3) is 0.455. The molecule has 0 aliphatic heterocycles. The lowest BCUT2D eigenvalue weighted by molar-refractivity contribution is 0.630. The predicted octanol–water partition coefficient (Wildman–Crippen LogP) is 2.83. The normalized spacial score (nSPS) is 17.7. The third-order valence-electron chi connectivity index (χ3n) is 2.68. The van der Waals surface area contributed by atoms with Crippen LogP contribution in [-0.2, 0) is 0 Å². The fourth-order valence-corrected chi connectivity index (χ4v) is 1.67. The number of rotatable bonds is 2. The molecule has 0 unspecified atom stereocenters. The molecule has 2 rings (SSSR count). The second-order valence-corrected chi connectivity index (χ2v) is 3.72.